The molecule has 0 aliphatic carbocycles. The summed E-state index contributed by atoms with van der Waals surface area (Å²) in [5.41, 5.74) is -0.202. The zero-order chi connectivity index (χ0) is 16.8. The highest BCUT2D eigenvalue weighted by molar-refractivity contribution is 9.10. The molecule has 1 heterocycles. The summed E-state index contributed by atoms with van der Waals surface area (Å²) in [5.74, 6) is -1.19. The molecule has 0 aliphatic rings. The third kappa shape index (κ3) is 3.06. The molecule has 120 valence electrons. The molecule has 0 bridgehead atoms. The number of benzene rings is 2. The van der Waals surface area contributed by atoms with Crippen molar-refractivity contribution in [3.63, 3.8) is 0 Å². The van der Waals surface area contributed by atoms with Crippen LogP contribution >= 0.6 is 15.9 Å². The van der Waals surface area contributed by atoms with E-state index in [1.54, 1.807) is 22.9 Å². The molecule has 0 saturated carbocycles. The molecule has 0 spiro atoms. The summed E-state index contributed by atoms with van der Waals surface area (Å²) in [6, 6.07) is 7.69. The number of fused-ring (bicyclic) bond motifs is 1. The van der Waals surface area contributed by atoms with E-state index in [4.69, 9.17) is 0 Å². The maximum atomic E-state index is 13.3. The van der Waals surface area contributed by atoms with E-state index in [1.165, 1.54) is 12.1 Å². The van der Waals surface area contributed by atoms with E-state index in [0.29, 0.717) is 10.0 Å². The van der Waals surface area contributed by atoms with E-state index >= 15 is 0 Å². The minimum atomic E-state index is -4.73. The van der Waals surface area contributed by atoms with E-state index in [-0.39, 0.29) is 12.3 Å². The van der Waals surface area contributed by atoms with Crippen LogP contribution in [-0.2, 0) is 12.7 Å². The first-order valence-corrected chi connectivity index (χ1v) is 7.38. The van der Waals surface area contributed by atoms with Crippen molar-refractivity contribution in [3.05, 3.63) is 64.0 Å². The van der Waals surface area contributed by atoms with Crippen LogP contribution in [0.4, 0.5) is 17.6 Å². The van der Waals surface area contributed by atoms with Gasteiger partial charge in [-0.05, 0) is 51.8 Å². The lowest BCUT2D eigenvalue weighted by atomic mass is 10.1. The molecule has 2 nitrogen and oxygen atoms in total. The van der Waals surface area contributed by atoms with Gasteiger partial charge in [0.25, 0.3) is 0 Å². The number of aromatic nitrogens is 1. The van der Waals surface area contributed by atoms with Gasteiger partial charge >= 0.3 is 6.18 Å². The molecule has 0 aliphatic heterocycles. The zero-order valence-corrected chi connectivity index (χ0v) is 13.1. The van der Waals surface area contributed by atoms with Crippen molar-refractivity contribution < 1.29 is 22.7 Å². The van der Waals surface area contributed by atoms with E-state index in [1.807, 2.05) is 0 Å². The van der Waals surface area contributed by atoms with Gasteiger partial charge < -0.3 is 9.67 Å². The number of halogens is 5. The van der Waals surface area contributed by atoms with Crippen LogP contribution in [0.5, 0.6) is 5.75 Å². The Bertz CT molecular complexity index is 886. The second-order valence-corrected chi connectivity index (χ2v) is 5.97. The van der Waals surface area contributed by atoms with Crippen molar-refractivity contribution in [1.82, 2.24) is 4.57 Å². The number of phenols is 1. The van der Waals surface area contributed by atoms with Gasteiger partial charge in [-0.15, -0.1) is 0 Å². The highest BCUT2D eigenvalue weighted by atomic mass is 79.9. The number of hydrogen-bond donors (Lipinski definition) is 1. The van der Waals surface area contributed by atoms with Gasteiger partial charge in [-0.25, -0.2) is 4.39 Å². The minimum Gasteiger partial charge on any atom is -0.508 e. The lowest BCUT2D eigenvalue weighted by molar-refractivity contribution is -0.140. The average Bonchev–Trinajstić information content (AvgIpc) is 2.76. The summed E-state index contributed by atoms with van der Waals surface area (Å²) in [7, 11) is 0. The largest absolute Gasteiger partial charge is 0.508 e. The van der Waals surface area contributed by atoms with Crippen LogP contribution in [0.15, 0.2) is 47.1 Å². The first-order valence-electron chi connectivity index (χ1n) is 6.58. The van der Waals surface area contributed by atoms with Gasteiger partial charge in [0.2, 0.25) is 0 Å². The monoisotopic (exact) mass is 387 g/mol. The van der Waals surface area contributed by atoms with E-state index in [2.05, 4.69) is 15.9 Å². The van der Waals surface area contributed by atoms with Crippen molar-refractivity contribution in [2.75, 3.05) is 0 Å². The molecule has 0 saturated heterocycles. The van der Waals surface area contributed by atoms with Crippen LogP contribution in [-0.4, -0.2) is 9.67 Å². The van der Waals surface area contributed by atoms with Gasteiger partial charge in [0, 0.05) is 28.1 Å². The quantitative estimate of drug-likeness (QED) is 0.591. The smallest absolute Gasteiger partial charge is 0.419 e. The van der Waals surface area contributed by atoms with Gasteiger partial charge in [0.1, 0.15) is 11.6 Å². The predicted molar refractivity (Wildman–Crippen MR) is 81.8 cm³/mol. The zero-order valence-electron chi connectivity index (χ0n) is 11.5. The fourth-order valence-corrected chi connectivity index (χ4v) is 3.02. The molecule has 3 rings (SSSR count). The lowest BCUT2D eigenvalue weighted by Crippen LogP contribution is -2.09. The second-order valence-electron chi connectivity index (χ2n) is 5.12. The third-order valence-electron chi connectivity index (χ3n) is 3.51. The second kappa shape index (κ2) is 5.56. The first kappa shape index (κ1) is 15.9. The van der Waals surface area contributed by atoms with Gasteiger partial charge in [0.15, 0.2) is 0 Å². The predicted octanol–water partition coefficient (Wildman–Crippen LogP) is 5.32. The van der Waals surface area contributed by atoms with Crippen molar-refractivity contribution in [2.45, 2.75) is 12.7 Å². The maximum absolute atomic E-state index is 13.3. The molecule has 0 radical (unpaired) electrons. The molecule has 23 heavy (non-hydrogen) atoms. The standard InChI is InChI=1S/C16H10BrF4NO/c17-13-8-22(15-4-2-10(23)6-11(13)15)7-9-1-3-14(18)12(5-9)16(19,20)21/h1-6,8,23H,7H2. The normalized spacial score (nSPS) is 12.0. The Morgan fingerprint density at radius 2 is 1.83 bits per heavy atom. The Balaban J connectivity index is 2.03. The average molecular weight is 388 g/mol. The molecule has 2 aromatic carbocycles. The van der Waals surface area contributed by atoms with Crippen LogP contribution in [0, 0.1) is 5.82 Å². The lowest BCUT2D eigenvalue weighted by Gasteiger charge is -2.11. The molecule has 0 amide bonds. The molecular formula is C16H10BrF4NO. The van der Waals surface area contributed by atoms with Gasteiger partial charge in [-0.3, -0.25) is 0 Å². The summed E-state index contributed by atoms with van der Waals surface area (Å²) in [4.78, 5) is 0. The van der Waals surface area contributed by atoms with E-state index < -0.39 is 17.6 Å². The number of hydrogen-bond acceptors (Lipinski definition) is 1. The molecule has 1 aromatic heterocycles. The Morgan fingerprint density at radius 3 is 2.52 bits per heavy atom. The molecule has 0 atom stereocenters. The highest BCUT2D eigenvalue weighted by Crippen LogP contribution is 2.33. The van der Waals surface area contributed by atoms with Crippen LogP contribution in [0.2, 0.25) is 0 Å². The van der Waals surface area contributed by atoms with Crippen molar-refractivity contribution in [1.29, 1.82) is 0 Å². The van der Waals surface area contributed by atoms with Crippen LogP contribution in [0.3, 0.4) is 0 Å². The summed E-state index contributed by atoms with van der Waals surface area (Å²) in [5, 5.41) is 10.3. The SMILES string of the molecule is Oc1ccc2c(c1)c(Br)cn2Cc1ccc(F)c(C(F)(F)F)c1. The Morgan fingerprint density at radius 1 is 1.09 bits per heavy atom. The molecule has 0 unspecified atom stereocenters. The maximum Gasteiger partial charge on any atom is 0.419 e. The fourth-order valence-electron chi connectivity index (χ4n) is 2.46. The molecule has 3 aromatic rings. The minimum absolute atomic E-state index is 0.0945. The van der Waals surface area contributed by atoms with Crippen molar-refractivity contribution in [2.24, 2.45) is 0 Å². The summed E-state index contributed by atoms with van der Waals surface area (Å²) < 4.78 is 54.1. The number of alkyl halides is 3. The fraction of sp³-hybridized carbons (Fsp3) is 0.125. The topological polar surface area (TPSA) is 25.2 Å². The summed E-state index contributed by atoms with van der Waals surface area (Å²) >= 11 is 3.35. The van der Waals surface area contributed by atoms with Crippen LogP contribution in [0.25, 0.3) is 10.9 Å². The Hall–Kier alpha value is -2.02. The summed E-state index contributed by atoms with van der Waals surface area (Å²) in [6.45, 7) is 0.149. The van der Waals surface area contributed by atoms with E-state index in [9.17, 15) is 22.7 Å². The Kier molecular flexibility index (Phi) is 3.83. The molecule has 7 heteroatoms. The highest BCUT2D eigenvalue weighted by Gasteiger charge is 2.34. The number of aromatic hydroxyl groups is 1. The third-order valence-corrected chi connectivity index (χ3v) is 4.14. The van der Waals surface area contributed by atoms with Crippen molar-refractivity contribution in [3.8, 4) is 5.75 Å². The van der Waals surface area contributed by atoms with Gasteiger partial charge in [-0.1, -0.05) is 6.07 Å². The molecule has 1 N–H and O–H groups in total. The molecule has 0 fully saturated rings. The number of rotatable bonds is 2. The van der Waals surface area contributed by atoms with Crippen LogP contribution in [0.1, 0.15) is 11.1 Å². The Labute approximate surface area is 137 Å². The number of nitrogens with zero attached hydrogens (tertiary/aromatic N) is 1. The molecular weight excluding hydrogens is 378 g/mol. The van der Waals surface area contributed by atoms with Gasteiger partial charge in [0.05, 0.1) is 5.56 Å². The van der Waals surface area contributed by atoms with Crippen LogP contribution < -0.4 is 0 Å². The summed E-state index contributed by atoms with van der Waals surface area (Å²) in [6.07, 6.45) is -3.02. The van der Waals surface area contributed by atoms with Crippen molar-refractivity contribution >= 4 is 26.8 Å². The van der Waals surface area contributed by atoms with E-state index in [0.717, 1.165) is 23.0 Å². The first-order chi connectivity index (χ1) is 10.8. The number of phenolic OH excluding ortho intramolecular Hbond substituents is 1. The van der Waals surface area contributed by atoms with Gasteiger partial charge in [-0.2, -0.15) is 13.2 Å².